The minimum absolute atomic E-state index is 0.0757. The van der Waals surface area contributed by atoms with Crippen LogP contribution in [0.3, 0.4) is 0 Å². The summed E-state index contributed by atoms with van der Waals surface area (Å²) >= 11 is 0. The zero-order valence-electron chi connectivity index (χ0n) is 7.03. The molecule has 1 aromatic rings. The van der Waals surface area contributed by atoms with Crippen molar-refractivity contribution in [1.29, 1.82) is 0 Å². The molecule has 1 aromatic heterocycles. The fraction of sp³-hybridized carbons (Fsp3) is 0.444. The topological polar surface area (TPSA) is 54.9 Å². The number of amides is 1. The summed E-state index contributed by atoms with van der Waals surface area (Å²) in [7, 11) is 0. The minimum Gasteiger partial charge on any atom is -0.309 e. The Bertz CT molecular complexity index is 377. The van der Waals surface area contributed by atoms with Gasteiger partial charge in [0, 0.05) is 24.7 Å². The Morgan fingerprint density at radius 3 is 3.15 bits per heavy atom. The SMILES string of the molecule is O=C1CC2CC2c2nccnc2N1. The number of aromatic nitrogens is 2. The van der Waals surface area contributed by atoms with Crippen molar-refractivity contribution in [2.45, 2.75) is 18.8 Å². The van der Waals surface area contributed by atoms with E-state index in [-0.39, 0.29) is 5.91 Å². The lowest BCUT2D eigenvalue weighted by atomic mass is 10.2. The van der Waals surface area contributed by atoms with Gasteiger partial charge in [0.05, 0.1) is 5.69 Å². The van der Waals surface area contributed by atoms with Crippen LogP contribution in [-0.2, 0) is 4.79 Å². The number of hydrogen-bond donors (Lipinski definition) is 1. The second-order valence-corrected chi connectivity index (χ2v) is 3.64. The van der Waals surface area contributed by atoms with E-state index in [2.05, 4.69) is 15.3 Å². The number of anilines is 1. The van der Waals surface area contributed by atoms with E-state index in [9.17, 15) is 4.79 Å². The Morgan fingerprint density at radius 1 is 1.38 bits per heavy atom. The van der Waals surface area contributed by atoms with Gasteiger partial charge in [-0.05, 0) is 12.3 Å². The number of rotatable bonds is 0. The molecule has 0 radical (unpaired) electrons. The van der Waals surface area contributed by atoms with Crippen LogP contribution >= 0.6 is 0 Å². The molecule has 1 aliphatic carbocycles. The van der Waals surface area contributed by atoms with Crippen LogP contribution in [0.5, 0.6) is 0 Å². The van der Waals surface area contributed by atoms with Crippen LogP contribution in [0.2, 0.25) is 0 Å². The average molecular weight is 175 g/mol. The fourth-order valence-corrected chi connectivity index (χ4v) is 1.95. The molecule has 1 saturated carbocycles. The van der Waals surface area contributed by atoms with Crippen LogP contribution in [-0.4, -0.2) is 15.9 Å². The summed E-state index contributed by atoms with van der Waals surface area (Å²) in [5, 5.41) is 2.77. The lowest BCUT2D eigenvalue weighted by Crippen LogP contribution is -2.12. The molecule has 13 heavy (non-hydrogen) atoms. The number of nitrogens with one attached hydrogen (secondary N) is 1. The van der Waals surface area contributed by atoms with Gasteiger partial charge in [0.15, 0.2) is 5.82 Å². The number of carbonyl (C=O) groups is 1. The molecule has 2 unspecified atom stereocenters. The predicted molar refractivity (Wildman–Crippen MR) is 46.1 cm³/mol. The van der Waals surface area contributed by atoms with Gasteiger partial charge in [-0.25, -0.2) is 4.98 Å². The summed E-state index contributed by atoms with van der Waals surface area (Å²) < 4.78 is 0. The zero-order chi connectivity index (χ0) is 8.84. The Labute approximate surface area is 75.4 Å². The van der Waals surface area contributed by atoms with Crippen molar-refractivity contribution in [3.05, 3.63) is 18.1 Å². The predicted octanol–water partition coefficient (Wildman–Crippen LogP) is 0.922. The maximum atomic E-state index is 11.3. The van der Waals surface area contributed by atoms with Gasteiger partial charge in [-0.3, -0.25) is 9.78 Å². The fourth-order valence-electron chi connectivity index (χ4n) is 1.95. The first kappa shape index (κ1) is 7.00. The first-order valence-corrected chi connectivity index (χ1v) is 4.45. The smallest absolute Gasteiger partial charge is 0.225 e. The van der Waals surface area contributed by atoms with E-state index in [4.69, 9.17) is 0 Å². The molecule has 0 saturated heterocycles. The van der Waals surface area contributed by atoms with Gasteiger partial charge in [-0.1, -0.05) is 0 Å². The third kappa shape index (κ3) is 1.02. The molecule has 4 heteroatoms. The van der Waals surface area contributed by atoms with Gasteiger partial charge in [-0.15, -0.1) is 0 Å². The number of carbonyl (C=O) groups excluding carboxylic acids is 1. The maximum absolute atomic E-state index is 11.3. The molecule has 1 aliphatic heterocycles. The summed E-state index contributed by atoms with van der Waals surface area (Å²) in [5.41, 5.74) is 0.971. The molecule has 1 amide bonds. The standard InChI is InChI=1S/C9H9N3O/c13-7-4-5-3-6(5)8-9(12-7)11-2-1-10-8/h1-2,5-6H,3-4H2,(H,11,12,13). The Kier molecular flexibility index (Phi) is 1.23. The van der Waals surface area contributed by atoms with E-state index in [1.165, 1.54) is 0 Å². The lowest BCUT2D eigenvalue weighted by Gasteiger charge is -2.03. The molecular formula is C9H9N3O. The third-order valence-corrected chi connectivity index (χ3v) is 2.71. The molecule has 4 nitrogen and oxygen atoms in total. The summed E-state index contributed by atoms with van der Waals surface area (Å²) in [6.45, 7) is 0. The molecule has 3 rings (SSSR count). The first-order chi connectivity index (χ1) is 6.34. The van der Waals surface area contributed by atoms with Crippen molar-refractivity contribution in [1.82, 2.24) is 9.97 Å². The van der Waals surface area contributed by atoms with Crippen LogP contribution in [0.15, 0.2) is 12.4 Å². The maximum Gasteiger partial charge on any atom is 0.225 e. The van der Waals surface area contributed by atoms with Crippen LogP contribution in [0, 0.1) is 5.92 Å². The number of nitrogens with zero attached hydrogens (tertiary/aromatic N) is 2. The minimum atomic E-state index is 0.0757. The van der Waals surface area contributed by atoms with Gasteiger partial charge in [0.25, 0.3) is 0 Å². The Balaban J connectivity index is 2.10. The van der Waals surface area contributed by atoms with E-state index < -0.39 is 0 Å². The van der Waals surface area contributed by atoms with E-state index in [1.54, 1.807) is 12.4 Å². The van der Waals surface area contributed by atoms with Crippen LogP contribution in [0.1, 0.15) is 24.5 Å². The van der Waals surface area contributed by atoms with Crippen molar-refractivity contribution < 1.29 is 4.79 Å². The quantitative estimate of drug-likeness (QED) is 0.638. The van der Waals surface area contributed by atoms with Crippen LogP contribution in [0.4, 0.5) is 5.82 Å². The van der Waals surface area contributed by atoms with Gasteiger partial charge >= 0.3 is 0 Å². The number of fused-ring (bicyclic) bond motifs is 3. The highest BCUT2D eigenvalue weighted by atomic mass is 16.1. The van der Waals surface area contributed by atoms with Crippen molar-refractivity contribution >= 4 is 11.7 Å². The van der Waals surface area contributed by atoms with Crippen LogP contribution < -0.4 is 5.32 Å². The van der Waals surface area contributed by atoms with Gasteiger partial charge < -0.3 is 5.32 Å². The Hall–Kier alpha value is -1.45. The second kappa shape index (κ2) is 2.28. The van der Waals surface area contributed by atoms with E-state index in [0.717, 1.165) is 12.1 Å². The largest absolute Gasteiger partial charge is 0.309 e. The molecule has 0 aromatic carbocycles. The molecule has 2 atom stereocenters. The molecule has 2 heterocycles. The second-order valence-electron chi connectivity index (χ2n) is 3.64. The van der Waals surface area contributed by atoms with E-state index in [1.807, 2.05) is 0 Å². The Morgan fingerprint density at radius 2 is 2.23 bits per heavy atom. The molecule has 1 N–H and O–H groups in total. The molecule has 1 fully saturated rings. The average Bonchev–Trinajstić information content (AvgIpc) is 2.83. The molecule has 0 bridgehead atoms. The first-order valence-electron chi connectivity index (χ1n) is 4.45. The summed E-state index contributed by atoms with van der Waals surface area (Å²) in [6, 6.07) is 0. The lowest BCUT2D eigenvalue weighted by molar-refractivity contribution is -0.116. The van der Waals surface area contributed by atoms with Crippen LogP contribution in [0.25, 0.3) is 0 Å². The molecular weight excluding hydrogens is 166 g/mol. The zero-order valence-corrected chi connectivity index (χ0v) is 7.03. The van der Waals surface area contributed by atoms with E-state index >= 15 is 0 Å². The van der Waals surface area contributed by atoms with Gasteiger partial charge in [-0.2, -0.15) is 0 Å². The van der Waals surface area contributed by atoms with Gasteiger partial charge in [0.2, 0.25) is 5.91 Å². The van der Waals surface area contributed by atoms with Crippen molar-refractivity contribution in [2.24, 2.45) is 5.92 Å². The highest BCUT2D eigenvalue weighted by Crippen LogP contribution is 2.51. The van der Waals surface area contributed by atoms with Gasteiger partial charge in [0.1, 0.15) is 0 Å². The van der Waals surface area contributed by atoms with Crippen molar-refractivity contribution in [2.75, 3.05) is 5.32 Å². The summed E-state index contributed by atoms with van der Waals surface area (Å²) in [6.07, 6.45) is 5.02. The van der Waals surface area contributed by atoms with Crippen molar-refractivity contribution in [3.63, 3.8) is 0 Å². The molecule has 0 spiro atoms. The van der Waals surface area contributed by atoms with E-state index in [0.29, 0.717) is 24.1 Å². The van der Waals surface area contributed by atoms with Crippen molar-refractivity contribution in [3.8, 4) is 0 Å². The highest BCUT2D eigenvalue weighted by Gasteiger charge is 2.44. The summed E-state index contributed by atoms with van der Waals surface area (Å²) in [4.78, 5) is 19.7. The summed E-state index contributed by atoms with van der Waals surface area (Å²) in [5.74, 6) is 1.73. The molecule has 66 valence electrons. The third-order valence-electron chi connectivity index (χ3n) is 2.71. The number of hydrogen-bond acceptors (Lipinski definition) is 3. The highest BCUT2D eigenvalue weighted by molar-refractivity contribution is 5.92. The molecule has 2 aliphatic rings. The monoisotopic (exact) mass is 175 g/mol. The normalized spacial score (nSPS) is 29.7.